The molecule has 1 aliphatic carbocycles. The third-order valence-electron chi connectivity index (χ3n) is 5.71. The van der Waals surface area contributed by atoms with Crippen molar-refractivity contribution in [1.82, 2.24) is 9.88 Å². The summed E-state index contributed by atoms with van der Waals surface area (Å²) < 4.78 is 12.0. The molecule has 134 valence electrons. The Balaban J connectivity index is 1.29. The van der Waals surface area contributed by atoms with Gasteiger partial charge in [-0.15, -0.1) is 0 Å². The Morgan fingerprint density at radius 1 is 1.32 bits per heavy atom. The summed E-state index contributed by atoms with van der Waals surface area (Å²) in [5.41, 5.74) is 1.96. The van der Waals surface area contributed by atoms with Crippen LogP contribution in [0.1, 0.15) is 37.7 Å². The molecule has 2 fully saturated rings. The van der Waals surface area contributed by atoms with Gasteiger partial charge in [0.15, 0.2) is 0 Å². The van der Waals surface area contributed by atoms with E-state index in [-0.39, 0.29) is 11.5 Å². The fourth-order valence-electron chi connectivity index (χ4n) is 4.15. The lowest BCUT2D eigenvalue weighted by Gasteiger charge is -2.50. The Kier molecular flexibility index (Phi) is 4.86. The van der Waals surface area contributed by atoms with Crippen LogP contribution >= 0.6 is 0 Å². The summed E-state index contributed by atoms with van der Waals surface area (Å²) in [5.74, 6) is 0.594. The molecule has 0 aromatic carbocycles. The largest absolute Gasteiger partial charge is 0.376 e. The van der Waals surface area contributed by atoms with Crippen LogP contribution in [-0.2, 0) is 20.9 Å². The van der Waals surface area contributed by atoms with Crippen molar-refractivity contribution in [3.8, 4) is 0 Å². The Morgan fingerprint density at radius 2 is 2.16 bits per heavy atom. The number of hydrogen-bond acceptors (Lipinski definition) is 4. The first-order chi connectivity index (χ1) is 12.3. The van der Waals surface area contributed by atoms with E-state index >= 15 is 0 Å². The second kappa shape index (κ2) is 7.26. The van der Waals surface area contributed by atoms with Crippen molar-refractivity contribution in [3.63, 3.8) is 0 Å². The van der Waals surface area contributed by atoms with Crippen molar-refractivity contribution in [2.75, 3.05) is 26.3 Å². The van der Waals surface area contributed by atoms with Crippen LogP contribution in [0.3, 0.4) is 0 Å². The zero-order chi connectivity index (χ0) is 17.1. The molecule has 1 atom stereocenters. The zero-order valence-corrected chi connectivity index (χ0v) is 14.7. The molecule has 0 unspecified atom stereocenters. The topological polar surface area (TPSA) is 51.7 Å². The Morgan fingerprint density at radius 3 is 2.92 bits per heavy atom. The molecule has 0 radical (unpaired) electrons. The number of carbonyl (C=O) groups is 1. The Bertz CT molecular complexity index is 638. The predicted octanol–water partition coefficient (Wildman–Crippen LogP) is 2.72. The van der Waals surface area contributed by atoms with Crippen LogP contribution in [0.2, 0.25) is 0 Å². The van der Waals surface area contributed by atoms with Crippen molar-refractivity contribution in [2.24, 2.45) is 5.92 Å². The Hall–Kier alpha value is -1.72. The van der Waals surface area contributed by atoms with Gasteiger partial charge in [-0.1, -0.05) is 6.08 Å². The number of allylic oxidation sites excluding steroid dienone is 1. The maximum Gasteiger partial charge on any atom is 0.249 e. The standard InChI is InChI=1S/C20H26N2O3/c23-19(17-4-2-1-3-5-17)22-14-20(15-22)18(8-11-25-20)13-24-12-16-6-9-21-10-7-16/h4,6-7,9-10,18H,1-3,5,8,11-15H2/t18-/m0/s1. The van der Waals surface area contributed by atoms with E-state index in [9.17, 15) is 4.79 Å². The lowest BCUT2D eigenvalue weighted by Crippen LogP contribution is -2.66. The number of pyridine rings is 1. The molecule has 0 bridgehead atoms. The highest BCUT2D eigenvalue weighted by molar-refractivity contribution is 5.94. The number of carbonyl (C=O) groups excluding carboxylic acids is 1. The normalized spacial score (nSPS) is 24.9. The molecule has 4 rings (SSSR count). The van der Waals surface area contributed by atoms with E-state index in [4.69, 9.17) is 9.47 Å². The van der Waals surface area contributed by atoms with Gasteiger partial charge in [-0.25, -0.2) is 0 Å². The molecule has 1 aromatic rings. The van der Waals surface area contributed by atoms with Gasteiger partial charge in [0.2, 0.25) is 5.91 Å². The fraction of sp³-hybridized carbons (Fsp3) is 0.600. The van der Waals surface area contributed by atoms with Crippen LogP contribution < -0.4 is 0 Å². The molecule has 1 spiro atoms. The molecule has 0 saturated carbocycles. The van der Waals surface area contributed by atoms with Crippen molar-refractivity contribution in [2.45, 2.75) is 44.3 Å². The van der Waals surface area contributed by atoms with Crippen LogP contribution in [-0.4, -0.2) is 47.7 Å². The number of ether oxygens (including phenoxy) is 2. The van der Waals surface area contributed by atoms with Crippen molar-refractivity contribution in [1.29, 1.82) is 0 Å². The van der Waals surface area contributed by atoms with Gasteiger partial charge in [0.25, 0.3) is 0 Å². The van der Waals surface area contributed by atoms with Crippen molar-refractivity contribution in [3.05, 3.63) is 41.7 Å². The van der Waals surface area contributed by atoms with Gasteiger partial charge < -0.3 is 14.4 Å². The van der Waals surface area contributed by atoms with Crippen LogP contribution in [0, 0.1) is 5.92 Å². The van der Waals surface area contributed by atoms with E-state index < -0.39 is 0 Å². The maximum atomic E-state index is 12.6. The maximum absolute atomic E-state index is 12.6. The molecule has 3 aliphatic rings. The minimum absolute atomic E-state index is 0.177. The van der Waals surface area contributed by atoms with Gasteiger partial charge in [0, 0.05) is 30.5 Å². The number of nitrogens with zero attached hydrogens (tertiary/aromatic N) is 2. The van der Waals surface area contributed by atoms with E-state index in [0.717, 1.165) is 43.4 Å². The van der Waals surface area contributed by atoms with Gasteiger partial charge in [-0.2, -0.15) is 0 Å². The highest BCUT2D eigenvalue weighted by atomic mass is 16.5. The lowest BCUT2D eigenvalue weighted by molar-refractivity contribution is -0.165. The van der Waals surface area contributed by atoms with Gasteiger partial charge in [0.1, 0.15) is 5.60 Å². The molecule has 2 saturated heterocycles. The average molecular weight is 342 g/mol. The van der Waals surface area contributed by atoms with Crippen molar-refractivity contribution >= 4 is 5.91 Å². The van der Waals surface area contributed by atoms with Gasteiger partial charge in [-0.05, 0) is 49.8 Å². The monoisotopic (exact) mass is 342 g/mol. The first-order valence-electron chi connectivity index (χ1n) is 9.36. The zero-order valence-electron chi connectivity index (χ0n) is 14.7. The minimum Gasteiger partial charge on any atom is -0.376 e. The van der Waals surface area contributed by atoms with Crippen molar-refractivity contribution < 1.29 is 14.3 Å². The molecule has 1 aromatic heterocycles. The summed E-state index contributed by atoms with van der Waals surface area (Å²) >= 11 is 0. The van der Waals surface area contributed by atoms with E-state index in [0.29, 0.717) is 32.2 Å². The van der Waals surface area contributed by atoms with Gasteiger partial charge in [-0.3, -0.25) is 9.78 Å². The molecule has 25 heavy (non-hydrogen) atoms. The Labute approximate surface area is 149 Å². The van der Waals surface area contributed by atoms with Crippen LogP contribution in [0.4, 0.5) is 0 Å². The van der Waals surface area contributed by atoms with Gasteiger partial charge in [0.05, 0.1) is 26.3 Å². The first-order valence-corrected chi connectivity index (χ1v) is 9.36. The molecule has 0 N–H and O–H groups in total. The quantitative estimate of drug-likeness (QED) is 0.826. The summed E-state index contributed by atoms with van der Waals surface area (Å²) in [4.78, 5) is 18.6. The summed E-state index contributed by atoms with van der Waals surface area (Å²) in [7, 11) is 0. The van der Waals surface area contributed by atoms with E-state index in [1.54, 1.807) is 12.4 Å². The second-order valence-electron chi connectivity index (χ2n) is 7.41. The number of rotatable bonds is 5. The highest BCUT2D eigenvalue weighted by Gasteiger charge is 2.54. The molecule has 3 heterocycles. The van der Waals surface area contributed by atoms with E-state index in [2.05, 4.69) is 11.1 Å². The summed E-state index contributed by atoms with van der Waals surface area (Å²) in [5, 5.41) is 0. The number of hydrogen-bond donors (Lipinski definition) is 0. The molecule has 5 nitrogen and oxygen atoms in total. The second-order valence-corrected chi connectivity index (χ2v) is 7.41. The molecular weight excluding hydrogens is 316 g/mol. The summed E-state index contributed by atoms with van der Waals surface area (Å²) in [6.07, 6.45) is 11.0. The average Bonchev–Trinajstić information content (AvgIpc) is 3.05. The molecule has 1 amide bonds. The van der Waals surface area contributed by atoms with Gasteiger partial charge >= 0.3 is 0 Å². The fourth-order valence-corrected chi connectivity index (χ4v) is 4.15. The van der Waals surface area contributed by atoms with E-state index in [1.165, 1.54) is 6.42 Å². The predicted molar refractivity (Wildman–Crippen MR) is 93.8 cm³/mol. The van der Waals surface area contributed by atoms with Crippen LogP contribution in [0.5, 0.6) is 0 Å². The summed E-state index contributed by atoms with van der Waals surface area (Å²) in [6, 6.07) is 3.95. The smallest absolute Gasteiger partial charge is 0.249 e. The minimum atomic E-state index is -0.177. The molecule has 2 aliphatic heterocycles. The first kappa shape index (κ1) is 16.7. The molecular formula is C20H26N2O3. The third-order valence-corrected chi connectivity index (χ3v) is 5.71. The number of amides is 1. The van der Waals surface area contributed by atoms with E-state index in [1.807, 2.05) is 17.0 Å². The summed E-state index contributed by atoms with van der Waals surface area (Å²) in [6.45, 7) is 3.49. The highest BCUT2D eigenvalue weighted by Crippen LogP contribution is 2.41. The van der Waals surface area contributed by atoms with Crippen LogP contribution in [0.25, 0.3) is 0 Å². The lowest BCUT2D eigenvalue weighted by atomic mass is 9.80. The third kappa shape index (κ3) is 3.48. The number of aromatic nitrogens is 1. The SMILES string of the molecule is O=C(C1=CCCCC1)N1CC2(C1)OCC[C@H]2COCc1ccncc1. The molecule has 5 heteroatoms. The number of likely N-dealkylation sites (tertiary alicyclic amines) is 1. The van der Waals surface area contributed by atoms with Crippen LogP contribution in [0.15, 0.2) is 36.2 Å².